The van der Waals surface area contributed by atoms with Crippen LogP contribution in [0.4, 0.5) is 24.7 Å². The summed E-state index contributed by atoms with van der Waals surface area (Å²) in [5, 5.41) is 3.05. The van der Waals surface area contributed by atoms with Crippen molar-refractivity contribution in [3.8, 4) is 0 Å². The largest absolute Gasteiger partial charge is 0.416 e. The van der Waals surface area contributed by atoms with Gasteiger partial charge < -0.3 is 15.1 Å². The van der Waals surface area contributed by atoms with Gasteiger partial charge in [-0.3, -0.25) is 4.79 Å². The van der Waals surface area contributed by atoms with E-state index in [2.05, 4.69) is 10.3 Å². The van der Waals surface area contributed by atoms with Crippen molar-refractivity contribution < 1.29 is 26.4 Å². The summed E-state index contributed by atoms with van der Waals surface area (Å²) in [5.41, 5.74) is -0.247. The molecule has 0 atom stereocenters. The van der Waals surface area contributed by atoms with Gasteiger partial charge in [0.25, 0.3) is 0 Å². The molecule has 0 radical (unpaired) electrons. The Morgan fingerprint density at radius 2 is 1.65 bits per heavy atom. The third-order valence-electron chi connectivity index (χ3n) is 7.44. The van der Waals surface area contributed by atoms with Crippen molar-refractivity contribution in [1.29, 1.82) is 0 Å². The van der Waals surface area contributed by atoms with Gasteiger partial charge in [0.1, 0.15) is 11.0 Å². The summed E-state index contributed by atoms with van der Waals surface area (Å²) >= 11 is 5.80. The third kappa shape index (κ3) is 5.29. The van der Waals surface area contributed by atoms with Crippen molar-refractivity contribution in [3.05, 3.63) is 47.1 Å². The minimum absolute atomic E-state index is 0.0224. The Labute approximate surface area is 218 Å². The Morgan fingerprint density at radius 1 is 1.00 bits per heavy atom. The number of sulfonamides is 1. The van der Waals surface area contributed by atoms with Crippen LogP contribution in [0.3, 0.4) is 0 Å². The number of rotatable bonds is 4. The van der Waals surface area contributed by atoms with E-state index >= 15 is 0 Å². The normalized spacial score (nSPS) is 21.1. The summed E-state index contributed by atoms with van der Waals surface area (Å²) in [6, 6.07) is 8.02. The lowest BCUT2D eigenvalue weighted by Gasteiger charge is -2.35. The second-order valence-electron chi connectivity index (χ2n) is 9.83. The van der Waals surface area contributed by atoms with Gasteiger partial charge in [-0.1, -0.05) is 11.6 Å². The SMILES string of the molecule is O=C1CC2(CCNCC2)CN1c1ccc(S(=O)(=O)N2CCN(c3cc(C(F)(F)F)cc(Cl)n3)CC2)cc1. The zero-order valence-corrected chi connectivity index (χ0v) is 21.5. The first-order valence-corrected chi connectivity index (χ1v) is 13.9. The smallest absolute Gasteiger partial charge is 0.354 e. The van der Waals surface area contributed by atoms with Crippen molar-refractivity contribution in [3.63, 3.8) is 0 Å². The second-order valence-corrected chi connectivity index (χ2v) is 12.2. The number of aromatic nitrogens is 1. The number of carbonyl (C=O) groups is 1. The zero-order chi connectivity index (χ0) is 26.4. The maximum Gasteiger partial charge on any atom is 0.416 e. The van der Waals surface area contributed by atoms with E-state index in [-0.39, 0.29) is 53.4 Å². The predicted octanol–water partition coefficient (Wildman–Crippen LogP) is 3.37. The Hall–Kier alpha value is -2.41. The van der Waals surface area contributed by atoms with E-state index in [0.29, 0.717) is 18.7 Å². The summed E-state index contributed by atoms with van der Waals surface area (Å²) in [4.78, 5) is 20.1. The van der Waals surface area contributed by atoms with Crippen LogP contribution in [0.15, 0.2) is 41.3 Å². The first-order chi connectivity index (χ1) is 17.5. The van der Waals surface area contributed by atoms with Crippen LogP contribution in [0.5, 0.6) is 0 Å². The molecule has 2 aromatic rings. The van der Waals surface area contributed by atoms with Crippen LogP contribution in [-0.2, 0) is 21.0 Å². The molecule has 0 unspecified atom stereocenters. The molecule has 0 bridgehead atoms. The molecule has 1 amide bonds. The number of anilines is 2. The molecule has 3 fully saturated rings. The summed E-state index contributed by atoms with van der Waals surface area (Å²) in [5.74, 6) is 0.111. The van der Waals surface area contributed by atoms with Gasteiger partial charge in [0.05, 0.1) is 10.5 Å². The maximum atomic E-state index is 13.2. The molecule has 13 heteroatoms. The topological polar surface area (TPSA) is 85.8 Å². The lowest BCUT2D eigenvalue weighted by molar-refractivity contribution is -0.137. The molecule has 5 rings (SSSR count). The number of hydrogen-bond acceptors (Lipinski definition) is 6. The van der Waals surface area contributed by atoms with Gasteiger partial charge in [0.2, 0.25) is 15.9 Å². The van der Waals surface area contributed by atoms with Crippen molar-refractivity contribution >= 4 is 39.0 Å². The van der Waals surface area contributed by atoms with E-state index in [4.69, 9.17) is 11.6 Å². The monoisotopic (exact) mass is 557 g/mol. The molecule has 3 saturated heterocycles. The molecule has 0 saturated carbocycles. The van der Waals surface area contributed by atoms with Gasteiger partial charge in [-0.2, -0.15) is 17.5 Å². The van der Waals surface area contributed by atoms with Crippen LogP contribution in [0.2, 0.25) is 5.15 Å². The first-order valence-electron chi connectivity index (χ1n) is 12.1. The van der Waals surface area contributed by atoms with Gasteiger partial charge >= 0.3 is 6.18 Å². The number of piperidine rings is 1. The number of hydrogen-bond donors (Lipinski definition) is 1. The van der Waals surface area contributed by atoms with E-state index in [9.17, 15) is 26.4 Å². The summed E-state index contributed by atoms with van der Waals surface area (Å²) < 4.78 is 67.2. The fraction of sp³-hybridized carbons (Fsp3) is 0.500. The van der Waals surface area contributed by atoms with E-state index in [1.807, 2.05) is 0 Å². The molecule has 0 aliphatic carbocycles. The first kappa shape index (κ1) is 26.2. The van der Waals surface area contributed by atoms with Gasteiger partial charge in [-0.05, 0) is 67.7 Å². The third-order valence-corrected chi connectivity index (χ3v) is 9.55. The number of nitrogens with zero attached hydrogens (tertiary/aromatic N) is 4. The maximum absolute atomic E-state index is 13.2. The average molecular weight is 558 g/mol. The quantitative estimate of drug-likeness (QED) is 0.580. The second kappa shape index (κ2) is 9.72. The van der Waals surface area contributed by atoms with Crippen LogP contribution < -0.4 is 15.1 Å². The van der Waals surface area contributed by atoms with Gasteiger partial charge in [0, 0.05) is 44.8 Å². The van der Waals surface area contributed by atoms with Crippen LogP contribution in [0.25, 0.3) is 0 Å². The van der Waals surface area contributed by atoms with Crippen molar-refractivity contribution in [2.75, 3.05) is 55.6 Å². The number of piperazine rings is 1. The Balaban J connectivity index is 1.25. The lowest BCUT2D eigenvalue weighted by Crippen LogP contribution is -2.49. The van der Waals surface area contributed by atoms with Crippen molar-refractivity contribution in [2.45, 2.75) is 30.3 Å². The molecule has 8 nitrogen and oxygen atoms in total. The number of nitrogens with one attached hydrogen (secondary N) is 1. The van der Waals surface area contributed by atoms with Gasteiger partial charge in [-0.15, -0.1) is 0 Å². The van der Waals surface area contributed by atoms with Crippen molar-refractivity contribution in [2.24, 2.45) is 5.41 Å². The number of benzene rings is 1. The standard InChI is InChI=1S/C24H27ClF3N5O3S/c25-20-13-17(24(26,27)28)14-21(30-20)31-9-11-32(12-10-31)37(35,36)19-3-1-18(2-4-19)33-16-23(15-22(33)34)5-7-29-8-6-23/h1-4,13-14,29H,5-12,15-16H2. The van der Waals surface area contributed by atoms with Crippen LogP contribution >= 0.6 is 11.6 Å². The summed E-state index contributed by atoms with van der Waals surface area (Å²) in [6.07, 6.45) is -2.18. The molecule has 3 aliphatic heterocycles. The van der Waals surface area contributed by atoms with E-state index in [1.54, 1.807) is 21.9 Å². The molecule has 1 N–H and O–H groups in total. The molecule has 3 aliphatic rings. The van der Waals surface area contributed by atoms with E-state index in [0.717, 1.165) is 38.1 Å². The summed E-state index contributed by atoms with van der Waals surface area (Å²) in [6.45, 7) is 2.92. The Bertz CT molecular complexity index is 1280. The predicted molar refractivity (Wildman–Crippen MR) is 133 cm³/mol. The fourth-order valence-corrected chi connectivity index (χ4v) is 6.96. The van der Waals surface area contributed by atoms with Crippen LogP contribution in [0.1, 0.15) is 24.8 Å². The van der Waals surface area contributed by atoms with Gasteiger partial charge in [-0.25, -0.2) is 13.4 Å². The molecule has 37 heavy (non-hydrogen) atoms. The highest BCUT2D eigenvalue weighted by atomic mass is 35.5. The molecule has 1 aromatic heterocycles. The number of pyridine rings is 1. The van der Waals surface area contributed by atoms with Crippen molar-refractivity contribution in [1.82, 2.24) is 14.6 Å². The van der Waals surface area contributed by atoms with E-state index < -0.39 is 21.8 Å². The molecule has 200 valence electrons. The molecular weight excluding hydrogens is 531 g/mol. The zero-order valence-electron chi connectivity index (χ0n) is 20.0. The minimum Gasteiger partial charge on any atom is -0.354 e. The number of carbonyl (C=O) groups excluding carboxylic acids is 1. The minimum atomic E-state index is -4.56. The number of halogens is 4. The Kier molecular flexibility index (Phi) is 6.88. The average Bonchev–Trinajstić information content (AvgIpc) is 3.18. The highest BCUT2D eigenvalue weighted by Gasteiger charge is 2.44. The van der Waals surface area contributed by atoms with Crippen LogP contribution in [-0.4, -0.2) is 69.4 Å². The van der Waals surface area contributed by atoms with E-state index in [1.165, 1.54) is 16.4 Å². The molecule has 1 aromatic carbocycles. The fourth-order valence-electron chi connectivity index (χ4n) is 5.34. The number of alkyl halides is 3. The molecular formula is C24H27ClF3N5O3S. The molecule has 1 spiro atoms. The molecule has 4 heterocycles. The van der Waals surface area contributed by atoms with Crippen LogP contribution in [0, 0.1) is 5.41 Å². The highest BCUT2D eigenvalue weighted by molar-refractivity contribution is 7.89. The summed E-state index contributed by atoms with van der Waals surface area (Å²) in [7, 11) is -3.82. The number of amides is 1. The Morgan fingerprint density at radius 3 is 2.27 bits per heavy atom. The highest BCUT2D eigenvalue weighted by Crippen LogP contribution is 2.41. The van der Waals surface area contributed by atoms with Gasteiger partial charge in [0.15, 0.2) is 0 Å². The lowest BCUT2D eigenvalue weighted by atomic mass is 9.78.